The lowest BCUT2D eigenvalue weighted by Crippen LogP contribution is -2.44. The van der Waals surface area contributed by atoms with Crippen molar-refractivity contribution in [2.45, 2.75) is 43.7 Å². The highest BCUT2D eigenvalue weighted by atomic mass is 16.5. The molecule has 1 unspecified atom stereocenters. The van der Waals surface area contributed by atoms with Crippen LogP contribution in [-0.4, -0.2) is 12.7 Å². The van der Waals surface area contributed by atoms with E-state index in [-0.39, 0.29) is 11.6 Å². The first-order valence-electron chi connectivity index (χ1n) is 7.55. The number of ether oxygens (including phenoxy) is 1. The molecule has 0 aromatic heterocycles. The number of methoxy groups -OCH3 is 1. The Kier molecular flexibility index (Phi) is 3.77. The SMILES string of the molecule is COC1(C(N)c2cccc3ccccc23)CCCCC1. The molecule has 1 fully saturated rings. The van der Waals surface area contributed by atoms with Gasteiger partial charge in [0, 0.05) is 7.11 Å². The highest BCUT2D eigenvalue weighted by Gasteiger charge is 2.39. The summed E-state index contributed by atoms with van der Waals surface area (Å²) in [4.78, 5) is 0. The van der Waals surface area contributed by atoms with Gasteiger partial charge in [0.2, 0.25) is 0 Å². The molecular formula is C18H23NO. The van der Waals surface area contributed by atoms with Crippen molar-refractivity contribution in [1.82, 2.24) is 0 Å². The molecule has 20 heavy (non-hydrogen) atoms. The molecule has 2 nitrogen and oxygen atoms in total. The second-order valence-corrected chi connectivity index (χ2v) is 5.88. The molecule has 0 bridgehead atoms. The fraction of sp³-hybridized carbons (Fsp3) is 0.444. The summed E-state index contributed by atoms with van der Waals surface area (Å²) in [7, 11) is 1.82. The molecule has 0 amide bonds. The van der Waals surface area contributed by atoms with E-state index in [2.05, 4.69) is 42.5 Å². The van der Waals surface area contributed by atoms with Crippen molar-refractivity contribution in [2.75, 3.05) is 7.11 Å². The zero-order valence-corrected chi connectivity index (χ0v) is 12.1. The maximum atomic E-state index is 6.66. The van der Waals surface area contributed by atoms with Gasteiger partial charge in [0.15, 0.2) is 0 Å². The van der Waals surface area contributed by atoms with Crippen molar-refractivity contribution in [3.8, 4) is 0 Å². The van der Waals surface area contributed by atoms with Crippen LogP contribution in [0.3, 0.4) is 0 Å². The predicted octanol–water partition coefficient (Wildman–Crippen LogP) is 4.19. The molecule has 2 heteroatoms. The Hall–Kier alpha value is -1.38. The van der Waals surface area contributed by atoms with Gasteiger partial charge < -0.3 is 10.5 Å². The van der Waals surface area contributed by atoms with Gasteiger partial charge in [-0.2, -0.15) is 0 Å². The largest absolute Gasteiger partial charge is 0.376 e. The van der Waals surface area contributed by atoms with Crippen LogP contribution in [-0.2, 0) is 4.74 Å². The number of nitrogens with two attached hydrogens (primary N) is 1. The summed E-state index contributed by atoms with van der Waals surface area (Å²) in [5.41, 5.74) is 7.68. The Labute approximate surface area is 120 Å². The lowest BCUT2D eigenvalue weighted by molar-refractivity contribution is -0.0592. The van der Waals surface area contributed by atoms with Crippen LogP contribution in [0.2, 0.25) is 0 Å². The number of hydrogen-bond donors (Lipinski definition) is 1. The van der Waals surface area contributed by atoms with Crippen LogP contribution in [0.15, 0.2) is 42.5 Å². The van der Waals surface area contributed by atoms with Gasteiger partial charge in [0.25, 0.3) is 0 Å². The van der Waals surface area contributed by atoms with Crippen molar-refractivity contribution in [1.29, 1.82) is 0 Å². The van der Waals surface area contributed by atoms with Crippen molar-refractivity contribution in [3.05, 3.63) is 48.0 Å². The Morgan fingerprint density at radius 1 is 1.00 bits per heavy atom. The Bertz CT molecular complexity index is 581. The first-order valence-corrected chi connectivity index (χ1v) is 7.55. The minimum atomic E-state index is -0.192. The molecule has 2 N–H and O–H groups in total. The van der Waals surface area contributed by atoms with E-state index >= 15 is 0 Å². The second kappa shape index (κ2) is 5.55. The van der Waals surface area contributed by atoms with Gasteiger partial charge in [-0.25, -0.2) is 0 Å². The van der Waals surface area contributed by atoms with Gasteiger partial charge in [0.1, 0.15) is 0 Å². The molecule has 0 radical (unpaired) electrons. The highest BCUT2D eigenvalue weighted by molar-refractivity contribution is 5.86. The quantitative estimate of drug-likeness (QED) is 0.906. The van der Waals surface area contributed by atoms with Crippen LogP contribution in [0.5, 0.6) is 0 Å². The third kappa shape index (κ3) is 2.23. The van der Waals surface area contributed by atoms with E-state index in [0.717, 1.165) is 12.8 Å². The van der Waals surface area contributed by atoms with E-state index in [1.54, 1.807) is 0 Å². The molecule has 1 aliphatic rings. The second-order valence-electron chi connectivity index (χ2n) is 5.88. The van der Waals surface area contributed by atoms with E-state index in [0.29, 0.717) is 0 Å². The number of benzene rings is 2. The summed E-state index contributed by atoms with van der Waals surface area (Å²) in [6, 6.07) is 14.8. The van der Waals surface area contributed by atoms with E-state index in [4.69, 9.17) is 10.5 Å². The summed E-state index contributed by atoms with van der Waals surface area (Å²) in [5.74, 6) is 0. The van der Waals surface area contributed by atoms with Crippen molar-refractivity contribution in [3.63, 3.8) is 0 Å². The van der Waals surface area contributed by atoms with Crippen LogP contribution in [0, 0.1) is 0 Å². The van der Waals surface area contributed by atoms with Gasteiger partial charge >= 0.3 is 0 Å². The minimum absolute atomic E-state index is 0.0566. The Morgan fingerprint density at radius 2 is 1.70 bits per heavy atom. The summed E-state index contributed by atoms with van der Waals surface area (Å²) in [6.07, 6.45) is 5.85. The molecule has 0 saturated heterocycles. The molecule has 0 spiro atoms. The number of fused-ring (bicyclic) bond motifs is 1. The van der Waals surface area contributed by atoms with Crippen LogP contribution >= 0.6 is 0 Å². The highest BCUT2D eigenvalue weighted by Crippen LogP contribution is 2.41. The molecule has 1 saturated carbocycles. The van der Waals surface area contributed by atoms with E-state index in [1.165, 1.54) is 35.6 Å². The molecule has 0 aliphatic heterocycles. The molecule has 3 rings (SSSR count). The molecular weight excluding hydrogens is 246 g/mol. The van der Waals surface area contributed by atoms with Crippen molar-refractivity contribution in [2.24, 2.45) is 5.73 Å². The fourth-order valence-corrected chi connectivity index (χ4v) is 3.60. The topological polar surface area (TPSA) is 35.2 Å². The standard InChI is InChI=1S/C18H23NO/c1-20-18(12-5-2-6-13-18)17(19)16-11-7-9-14-8-3-4-10-15(14)16/h3-4,7-11,17H,2,5-6,12-13,19H2,1H3. The normalized spacial score (nSPS) is 19.9. The molecule has 106 valence electrons. The van der Waals surface area contributed by atoms with E-state index in [1.807, 2.05) is 7.11 Å². The van der Waals surface area contributed by atoms with E-state index in [9.17, 15) is 0 Å². The monoisotopic (exact) mass is 269 g/mol. The summed E-state index contributed by atoms with van der Waals surface area (Å²) in [6.45, 7) is 0. The van der Waals surface area contributed by atoms with Crippen molar-refractivity contribution < 1.29 is 4.74 Å². The lowest BCUT2D eigenvalue weighted by Gasteiger charge is -2.41. The molecule has 1 atom stereocenters. The summed E-state index contributed by atoms with van der Waals surface area (Å²) >= 11 is 0. The predicted molar refractivity (Wildman–Crippen MR) is 83.7 cm³/mol. The van der Waals surface area contributed by atoms with E-state index < -0.39 is 0 Å². The van der Waals surface area contributed by atoms with Crippen LogP contribution in [0.4, 0.5) is 0 Å². The lowest BCUT2D eigenvalue weighted by atomic mass is 9.76. The maximum Gasteiger partial charge on any atom is 0.0870 e. The van der Waals surface area contributed by atoms with Crippen LogP contribution in [0.1, 0.15) is 43.7 Å². The third-order valence-corrected chi connectivity index (χ3v) is 4.83. The third-order valence-electron chi connectivity index (χ3n) is 4.83. The summed E-state index contributed by atoms with van der Waals surface area (Å²) in [5, 5.41) is 2.51. The van der Waals surface area contributed by atoms with Gasteiger partial charge in [0.05, 0.1) is 11.6 Å². The first-order chi connectivity index (χ1) is 9.77. The molecule has 2 aromatic carbocycles. The first kappa shape index (κ1) is 13.6. The minimum Gasteiger partial charge on any atom is -0.376 e. The van der Waals surface area contributed by atoms with Crippen LogP contribution < -0.4 is 5.73 Å². The molecule has 1 aliphatic carbocycles. The number of rotatable bonds is 3. The smallest absolute Gasteiger partial charge is 0.0870 e. The Balaban J connectivity index is 2.05. The maximum absolute atomic E-state index is 6.66. The summed E-state index contributed by atoms with van der Waals surface area (Å²) < 4.78 is 5.92. The fourth-order valence-electron chi connectivity index (χ4n) is 3.60. The average molecular weight is 269 g/mol. The zero-order chi connectivity index (χ0) is 14.0. The molecule has 2 aromatic rings. The van der Waals surface area contributed by atoms with Gasteiger partial charge in [-0.3, -0.25) is 0 Å². The van der Waals surface area contributed by atoms with Crippen molar-refractivity contribution >= 4 is 10.8 Å². The number of hydrogen-bond acceptors (Lipinski definition) is 2. The van der Waals surface area contributed by atoms with Gasteiger partial charge in [-0.1, -0.05) is 61.7 Å². The van der Waals surface area contributed by atoms with Crippen LogP contribution in [0.25, 0.3) is 10.8 Å². The average Bonchev–Trinajstić information content (AvgIpc) is 2.54. The zero-order valence-electron chi connectivity index (χ0n) is 12.1. The molecule has 0 heterocycles. The van der Waals surface area contributed by atoms with Gasteiger partial charge in [-0.15, -0.1) is 0 Å². The Morgan fingerprint density at radius 3 is 2.45 bits per heavy atom. The van der Waals surface area contributed by atoms with Gasteiger partial charge in [-0.05, 0) is 29.2 Å².